The zero-order valence-corrected chi connectivity index (χ0v) is 13.5. The van der Waals surface area contributed by atoms with Crippen LogP contribution in [-0.4, -0.2) is 13.0 Å². The number of nitrogens with one attached hydrogen (secondary N) is 1. The minimum absolute atomic E-state index is 0.101. The Bertz CT molecular complexity index is 864. The minimum atomic E-state index is -0.101. The lowest BCUT2D eigenvalue weighted by molar-refractivity contribution is -0.115. The van der Waals surface area contributed by atoms with E-state index in [0.29, 0.717) is 11.4 Å². The molecule has 4 heteroatoms. The molecule has 23 heavy (non-hydrogen) atoms. The average molecular weight is 309 g/mol. The third-order valence-electron chi connectivity index (χ3n) is 4.07. The van der Waals surface area contributed by atoms with Crippen LogP contribution in [-0.2, 0) is 11.2 Å². The van der Waals surface area contributed by atoms with Gasteiger partial charge in [-0.2, -0.15) is 0 Å². The highest BCUT2D eigenvalue weighted by Crippen LogP contribution is 2.28. The Morgan fingerprint density at radius 1 is 1.17 bits per heavy atom. The lowest BCUT2D eigenvalue weighted by Crippen LogP contribution is -2.14. The van der Waals surface area contributed by atoms with Crippen molar-refractivity contribution in [2.75, 3.05) is 12.4 Å². The molecule has 118 valence electrons. The molecule has 0 atom stereocenters. The predicted molar refractivity (Wildman–Crippen MR) is 91.0 cm³/mol. The summed E-state index contributed by atoms with van der Waals surface area (Å²) in [5.41, 5.74) is 4.69. The zero-order chi connectivity index (χ0) is 16.4. The zero-order valence-electron chi connectivity index (χ0n) is 13.5. The van der Waals surface area contributed by atoms with Gasteiger partial charge in [-0.1, -0.05) is 24.3 Å². The van der Waals surface area contributed by atoms with E-state index in [9.17, 15) is 4.79 Å². The summed E-state index contributed by atoms with van der Waals surface area (Å²) in [5, 5.41) is 3.87. The average Bonchev–Trinajstić information content (AvgIpc) is 2.95. The highest BCUT2D eigenvalue weighted by atomic mass is 16.5. The summed E-state index contributed by atoms with van der Waals surface area (Å²) in [6.07, 6.45) is 1.92. The molecule has 4 nitrogen and oxygen atoms in total. The maximum Gasteiger partial charge on any atom is 0.229 e. The first-order valence-corrected chi connectivity index (χ1v) is 7.49. The Kier molecular flexibility index (Phi) is 4.06. The number of rotatable bonds is 4. The second-order valence-electron chi connectivity index (χ2n) is 5.57. The molecule has 1 amide bonds. The highest BCUT2D eigenvalue weighted by Gasteiger charge is 2.14. The molecule has 2 aromatic carbocycles. The van der Waals surface area contributed by atoms with Crippen molar-refractivity contribution in [1.29, 1.82) is 0 Å². The number of para-hydroxylation sites is 2. The molecule has 0 spiro atoms. The Balaban J connectivity index is 1.82. The van der Waals surface area contributed by atoms with Crippen LogP contribution in [0.2, 0.25) is 0 Å². The van der Waals surface area contributed by atoms with Crippen LogP contribution in [0, 0.1) is 13.8 Å². The van der Waals surface area contributed by atoms with E-state index < -0.39 is 0 Å². The van der Waals surface area contributed by atoms with Crippen LogP contribution < -0.4 is 10.1 Å². The summed E-state index contributed by atoms with van der Waals surface area (Å²) in [7, 11) is 1.58. The van der Waals surface area contributed by atoms with Gasteiger partial charge in [0.15, 0.2) is 0 Å². The molecule has 0 fully saturated rings. The quantitative estimate of drug-likeness (QED) is 0.784. The van der Waals surface area contributed by atoms with Gasteiger partial charge in [0.2, 0.25) is 5.91 Å². The van der Waals surface area contributed by atoms with Crippen LogP contribution in [0.1, 0.15) is 16.7 Å². The van der Waals surface area contributed by atoms with Crippen LogP contribution in [0.25, 0.3) is 11.0 Å². The van der Waals surface area contributed by atoms with Gasteiger partial charge in [0.05, 0.1) is 25.5 Å². The van der Waals surface area contributed by atoms with Crippen molar-refractivity contribution >= 4 is 22.6 Å². The summed E-state index contributed by atoms with van der Waals surface area (Å²) in [6.45, 7) is 4.07. The molecule has 0 radical (unpaired) electrons. The van der Waals surface area contributed by atoms with Gasteiger partial charge in [-0.25, -0.2) is 0 Å². The van der Waals surface area contributed by atoms with Gasteiger partial charge in [0, 0.05) is 10.9 Å². The van der Waals surface area contributed by atoms with E-state index in [4.69, 9.17) is 9.15 Å². The first-order chi connectivity index (χ1) is 11.1. The van der Waals surface area contributed by atoms with Crippen molar-refractivity contribution < 1.29 is 13.9 Å². The molecular formula is C19H19NO3. The van der Waals surface area contributed by atoms with E-state index in [0.717, 1.165) is 22.1 Å². The number of carbonyl (C=O) groups is 1. The smallest absolute Gasteiger partial charge is 0.229 e. The third-order valence-corrected chi connectivity index (χ3v) is 4.07. The number of hydrogen-bond donors (Lipinski definition) is 1. The Morgan fingerprint density at radius 3 is 2.74 bits per heavy atom. The summed E-state index contributed by atoms with van der Waals surface area (Å²) in [6, 6.07) is 11.4. The molecule has 0 unspecified atom stereocenters. The molecule has 0 aliphatic rings. The number of anilines is 1. The van der Waals surface area contributed by atoms with Gasteiger partial charge < -0.3 is 14.5 Å². The van der Waals surface area contributed by atoms with Crippen molar-refractivity contribution in [3.05, 3.63) is 59.4 Å². The lowest BCUT2D eigenvalue weighted by Gasteiger charge is -2.09. The van der Waals surface area contributed by atoms with Gasteiger partial charge in [-0.05, 0) is 37.1 Å². The van der Waals surface area contributed by atoms with Crippen LogP contribution in [0.4, 0.5) is 5.69 Å². The largest absolute Gasteiger partial charge is 0.495 e. The molecular weight excluding hydrogens is 290 g/mol. The second-order valence-corrected chi connectivity index (χ2v) is 5.57. The van der Waals surface area contributed by atoms with Crippen molar-refractivity contribution in [2.45, 2.75) is 20.3 Å². The maximum atomic E-state index is 12.3. The van der Waals surface area contributed by atoms with Crippen LogP contribution in [0.3, 0.4) is 0 Å². The number of amides is 1. The molecule has 0 saturated carbocycles. The number of carbonyl (C=O) groups excluding carboxylic acids is 1. The van der Waals surface area contributed by atoms with Crippen LogP contribution >= 0.6 is 0 Å². The summed E-state index contributed by atoms with van der Waals surface area (Å²) in [4.78, 5) is 12.3. The molecule has 0 aliphatic heterocycles. The fourth-order valence-corrected chi connectivity index (χ4v) is 2.64. The normalized spacial score (nSPS) is 10.7. The van der Waals surface area contributed by atoms with E-state index in [-0.39, 0.29) is 12.3 Å². The maximum absolute atomic E-state index is 12.3. The topological polar surface area (TPSA) is 51.5 Å². The van der Waals surface area contributed by atoms with E-state index >= 15 is 0 Å². The van der Waals surface area contributed by atoms with Crippen LogP contribution in [0.5, 0.6) is 5.75 Å². The number of fused-ring (bicyclic) bond motifs is 1. The number of hydrogen-bond acceptors (Lipinski definition) is 3. The van der Waals surface area contributed by atoms with Crippen molar-refractivity contribution in [1.82, 2.24) is 0 Å². The van der Waals surface area contributed by atoms with Gasteiger partial charge in [-0.15, -0.1) is 0 Å². The molecule has 3 aromatic rings. The standard InChI is InChI=1S/C19H19NO3/c1-12-8-9-15-14(11-23-19(15)13(12)2)10-18(21)20-16-6-4-5-7-17(16)22-3/h4-9,11H,10H2,1-3H3,(H,20,21). The lowest BCUT2D eigenvalue weighted by atomic mass is 10.0. The van der Waals surface area contributed by atoms with E-state index in [1.807, 2.05) is 44.2 Å². The summed E-state index contributed by atoms with van der Waals surface area (Å²) in [5.74, 6) is 0.541. The Hall–Kier alpha value is -2.75. The summed E-state index contributed by atoms with van der Waals surface area (Å²) >= 11 is 0. The van der Waals surface area contributed by atoms with E-state index in [1.165, 1.54) is 5.56 Å². The molecule has 1 N–H and O–H groups in total. The Morgan fingerprint density at radius 2 is 1.96 bits per heavy atom. The monoisotopic (exact) mass is 309 g/mol. The van der Waals surface area contributed by atoms with Crippen molar-refractivity contribution in [3.8, 4) is 5.75 Å². The molecule has 0 bridgehead atoms. The fourth-order valence-electron chi connectivity index (χ4n) is 2.64. The number of methoxy groups -OCH3 is 1. The minimum Gasteiger partial charge on any atom is -0.495 e. The van der Waals surface area contributed by atoms with Gasteiger partial charge >= 0.3 is 0 Å². The number of furan rings is 1. The van der Waals surface area contributed by atoms with Crippen molar-refractivity contribution in [3.63, 3.8) is 0 Å². The van der Waals surface area contributed by atoms with E-state index in [1.54, 1.807) is 13.4 Å². The second kappa shape index (κ2) is 6.16. The van der Waals surface area contributed by atoms with E-state index in [2.05, 4.69) is 11.4 Å². The molecule has 0 aliphatic carbocycles. The van der Waals surface area contributed by atoms with Gasteiger partial charge in [-0.3, -0.25) is 4.79 Å². The van der Waals surface area contributed by atoms with Gasteiger partial charge in [0.25, 0.3) is 0 Å². The molecule has 1 heterocycles. The SMILES string of the molecule is COc1ccccc1NC(=O)Cc1coc2c(C)c(C)ccc12. The number of ether oxygens (including phenoxy) is 1. The first kappa shape index (κ1) is 15.2. The van der Waals surface area contributed by atoms with Gasteiger partial charge in [0.1, 0.15) is 11.3 Å². The molecule has 1 aromatic heterocycles. The predicted octanol–water partition coefficient (Wildman–Crippen LogP) is 4.24. The highest BCUT2D eigenvalue weighted by molar-refractivity contribution is 5.96. The van der Waals surface area contributed by atoms with Crippen molar-refractivity contribution in [2.24, 2.45) is 0 Å². The molecule has 0 saturated heterocycles. The number of benzene rings is 2. The first-order valence-electron chi connectivity index (χ1n) is 7.49. The fraction of sp³-hybridized carbons (Fsp3) is 0.211. The molecule has 3 rings (SSSR count). The van der Waals surface area contributed by atoms with Crippen LogP contribution in [0.15, 0.2) is 47.1 Å². The third kappa shape index (κ3) is 2.93. The Labute approximate surface area is 135 Å². The summed E-state index contributed by atoms with van der Waals surface area (Å²) < 4.78 is 10.9. The number of aryl methyl sites for hydroxylation is 2.